The number of nitrogens with zero attached hydrogens (tertiary/aromatic N) is 4. The fraction of sp³-hybridized carbons (Fsp3) is 0.400. The molecule has 0 aliphatic rings. The predicted octanol–water partition coefficient (Wildman–Crippen LogP) is 2.64. The van der Waals surface area contributed by atoms with Crippen LogP contribution in [0.1, 0.15) is 19.2 Å². The number of hydrogen-bond donors (Lipinski definition) is 2. The van der Waals surface area contributed by atoms with Crippen molar-refractivity contribution < 1.29 is 0 Å². The summed E-state index contributed by atoms with van der Waals surface area (Å²) in [4.78, 5) is 12.8. The Kier molecular flexibility index (Phi) is 4.54. The van der Waals surface area contributed by atoms with Crippen molar-refractivity contribution in [3.8, 4) is 0 Å². The molecule has 0 bridgehead atoms. The van der Waals surface area contributed by atoms with Gasteiger partial charge in [0.25, 0.3) is 0 Å². The molecule has 6 nitrogen and oxygen atoms in total. The third-order valence-electron chi connectivity index (χ3n) is 2.01. The van der Waals surface area contributed by atoms with Crippen LogP contribution in [0, 0.1) is 6.92 Å². The molecule has 0 atom stereocenters. The van der Waals surface area contributed by atoms with E-state index in [9.17, 15) is 0 Å². The molecule has 0 aromatic carbocycles. The maximum atomic E-state index is 4.41. The number of aromatic nitrogens is 5. The second-order valence-electron chi connectivity index (χ2n) is 3.58. The monoisotopic (exact) mass is 328 g/mol. The van der Waals surface area contributed by atoms with Gasteiger partial charge >= 0.3 is 0 Å². The van der Waals surface area contributed by atoms with Crippen molar-refractivity contribution in [1.29, 1.82) is 0 Å². The fourth-order valence-corrected chi connectivity index (χ4v) is 2.36. The molecule has 0 saturated carbocycles. The first-order valence-corrected chi connectivity index (χ1v) is 7.13. The summed E-state index contributed by atoms with van der Waals surface area (Å²) in [6, 6.07) is 0. The van der Waals surface area contributed by atoms with Crippen LogP contribution in [0.4, 0.5) is 5.95 Å². The highest BCUT2D eigenvalue weighted by atomic mass is 79.9. The van der Waals surface area contributed by atoms with Crippen LogP contribution in [0.5, 0.6) is 0 Å². The molecule has 2 aromatic rings. The highest BCUT2D eigenvalue weighted by molar-refractivity contribution is 9.10. The van der Waals surface area contributed by atoms with Crippen molar-refractivity contribution in [2.45, 2.75) is 30.5 Å². The molecule has 0 unspecified atom stereocenters. The van der Waals surface area contributed by atoms with Gasteiger partial charge in [0.1, 0.15) is 10.9 Å². The van der Waals surface area contributed by atoms with Crippen molar-refractivity contribution in [3.05, 3.63) is 16.5 Å². The Labute approximate surface area is 118 Å². The van der Waals surface area contributed by atoms with E-state index >= 15 is 0 Å². The molecule has 2 aromatic heterocycles. The Morgan fingerprint density at radius 1 is 1.44 bits per heavy atom. The van der Waals surface area contributed by atoms with Gasteiger partial charge in [-0.1, -0.05) is 6.92 Å². The summed E-state index contributed by atoms with van der Waals surface area (Å²) in [6.07, 6.45) is 2.76. The summed E-state index contributed by atoms with van der Waals surface area (Å²) < 4.78 is 0.831. The first-order chi connectivity index (χ1) is 8.69. The van der Waals surface area contributed by atoms with Gasteiger partial charge in [-0.05, 0) is 41.0 Å². The lowest BCUT2D eigenvalue weighted by Crippen LogP contribution is -2.04. The van der Waals surface area contributed by atoms with Crippen molar-refractivity contribution >= 4 is 33.6 Å². The van der Waals surface area contributed by atoms with Crippen LogP contribution < -0.4 is 5.32 Å². The van der Waals surface area contributed by atoms with Gasteiger partial charge in [0.05, 0.1) is 4.47 Å². The minimum atomic E-state index is 0.620. The lowest BCUT2D eigenvalue weighted by atomic mass is 10.5. The van der Waals surface area contributed by atoms with E-state index in [2.05, 4.69) is 53.3 Å². The minimum Gasteiger partial charge on any atom is -0.354 e. The second kappa shape index (κ2) is 6.14. The average Bonchev–Trinajstić information content (AvgIpc) is 2.76. The minimum absolute atomic E-state index is 0.620. The van der Waals surface area contributed by atoms with Gasteiger partial charge in [-0.25, -0.2) is 15.0 Å². The Hall–Kier alpha value is -1.15. The molecule has 0 aliphatic carbocycles. The van der Waals surface area contributed by atoms with Crippen molar-refractivity contribution in [3.63, 3.8) is 0 Å². The van der Waals surface area contributed by atoms with E-state index in [1.54, 1.807) is 6.20 Å². The molecule has 2 rings (SSSR count). The van der Waals surface area contributed by atoms with Gasteiger partial charge in [0.2, 0.25) is 11.1 Å². The normalized spacial score (nSPS) is 10.6. The Bertz CT molecular complexity index is 529. The molecule has 0 fully saturated rings. The van der Waals surface area contributed by atoms with Gasteiger partial charge < -0.3 is 5.32 Å². The third kappa shape index (κ3) is 3.42. The molecule has 0 saturated heterocycles. The van der Waals surface area contributed by atoms with E-state index < -0.39 is 0 Å². The molecule has 0 radical (unpaired) electrons. The lowest BCUT2D eigenvalue weighted by Gasteiger charge is -2.05. The van der Waals surface area contributed by atoms with E-state index in [0.29, 0.717) is 11.1 Å². The van der Waals surface area contributed by atoms with E-state index in [1.165, 1.54) is 11.8 Å². The number of halogens is 1. The van der Waals surface area contributed by atoms with Gasteiger partial charge in [-0.15, -0.1) is 5.10 Å². The number of hydrogen-bond acceptors (Lipinski definition) is 6. The first kappa shape index (κ1) is 13.3. The predicted molar refractivity (Wildman–Crippen MR) is 73.8 cm³/mol. The maximum absolute atomic E-state index is 4.41. The van der Waals surface area contributed by atoms with Crippen LogP contribution in [-0.2, 0) is 0 Å². The van der Waals surface area contributed by atoms with Crippen molar-refractivity contribution in [1.82, 2.24) is 25.1 Å². The van der Waals surface area contributed by atoms with E-state index in [0.717, 1.165) is 28.3 Å². The molecule has 0 aliphatic heterocycles. The number of rotatable bonds is 5. The maximum Gasteiger partial charge on any atom is 0.223 e. The molecular weight excluding hydrogens is 316 g/mol. The Balaban J connectivity index is 2.15. The topological polar surface area (TPSA) is 79.4 Å². The van der Waals surface area contributed by atoms with Gasteiger partial charge in [-0.3, -0.25) is 5.10 Å². The highest BCUT2D eigenvalue weighted by Crippen LogP contribution is 2.29. The number of H-pyrrole nitrogens is 1. The molecule has 2 N–H and O–H groups in total. The number of aryl methyl sites for hydroxylation is 1. The zero-order valence-electron chi connectivity index (χ0n) is 10.1. The lowest BCUT2D eigenvalue weighted by molar-refractivity contribution is 0.924. The van der Waals surface area contributed by atoms with E-state index in [4.69, 9.17) is 0 Å². The van der Waals surface area contributed by atoms with Crippen LogP contribution in [0.25, 0.3) is 0 Å². The second-order valence-corrected chi connectivity index (χ2v) is 5.39. The molecule has 0 spiro atoms. The SMILES string of the molecule is CCCNc1ncc(Br)c(Sc2n[nH]c(C)n2)n1. The zero-order valence-corrected chi connectivity index (χ0v) is 12.5. The number of nitrogens with one attached hydrogen (secondary N) is 2. The van der Waals surface area contributed by atoms with E-state index in [1.807, 2.05) is 6.92 Å². The average molecular weight is 329 g/mol. The highest BCUT2D eigenvalue weighted by Gasteiger charge is 2.10. The van der Waals surface area contributed by atoms with Crippen molar-refractivity contribution in [2.24, 2.45) is 0 Å². The third-order valence-corrected chi connectivity index (χ3v) is 3.72. The van der Waals surface area contributed by atoms with Crippen molar-refractivity contribution in [2.75, 3.05) is 11.9 Å². The quantitative estimate of drug-likeness (QED) is 0.821. The molecule has 8 heteroatoms. The standard InChI is InChI=1S/C10H13BrN6S/c1-3-4-12-9-13-5-7(11)8(15-9)18-10-14-6(2)16-17-10/h5H,3-4H2,1-2H3,(H,12,13,15)(H,14,16,17). The summed E-state index contributed by atoms with van der Waals surface area (Å²) in [7, 11) is 0. The Morgan fingerprint density at radius 2 is 2.28 bits per heavy atom. The Morgan fingerprint density at radius 3 is 2.94 bits per heavy atom. The molecule has 2 heterocycles. The van der Waals surface area contributed by atoms with E-state index in [-0.39, 0.29) is 0 Å². The molecular formula is C10H13BrN6S. The molecule has 96 valence electrons. The number of anilines is 1. The van der Waals surface area contributed by atoms with Gasteiger partial charge in [0.15, 0.2) is 0 Å². The summed E-state index contributed by atoms with van der Waals surface area (Å²) in [6.45, 7) is 4.81. The van der Waals surface area contributed by atoms with Crippen LogP contribution in [0.2, 0.25) is 0 Å². The van der Waals surface area contributed by atoms with Crippen LogP contribution in [-0.4, -0.2) is 31.7 Å². The molecule has 0 amide bonds. The van der Waals surface area contributed by atoms with Gasteiger partial charge in [-0.2, -0.15) is 0 Å². The summed E-state index contributed by atoms with van der Waals surface area (Å²) >= 11 is 4.81. The summed E-state index contributed by atoms with van der Waals surface area (Å²) in [5, 5.41) is 11.5. The summed E-state index contributed by atoms with van der Waals surface area (Å²) in [5.74, 6) is 1.40. The van der Waals surface area contributed by atoms with Gasteiger partial charge in [0, 0.05) is 12.7 Å². The van der Waals surface area contributed by atoms with Crippen LogP contribution >= 0.6 is 27.7 Å². The first-order valence-electron chi connectivity index (χ1n) is 5.52. The zero-order chi connectivity index (χ0) is 13.0. The largest absolute Gasteiger partial charge is 0.354 e. The summed E-state index contributed by atoms with van der Waals surface area (Å²) in [5.41, 5.74) is 0. The smallest absolute Gasteiger partial charge is 0.223 e. The molecule has 18 heavy (non-hydrogen) atoms. The van der Waals surface area contributed by atoms with Crippen LogP contribution in [0.3, 0.4) is 0 Å². The van der Waals surface area contributed by atoms with Crippen LogP contribution in [0.15, 0.2) is 20.9 Å². The fourth-order valence-electron chi connectivity index (χ4n) is 1.20. The number of aromatic amines is 1.